The SMILES string of the molecule is CN(C)c1ccc([C@H](CNS(=O)(=O)c2ccc(Cl)s2)N2CCc3ccccc3C2)cc1. The van der Waals surface area contributed by atoms with Gasteiger partial charge in [0.2, 0.25) is 10.0 Å². The van der Waals surface area contributed by atoms with Crippen molar-refractivity contribution >= 4 is 38.6 Å². The monoisotopic (exact) mass is 475 g/mol. The Morgan fingerprint density at radius 1 is 1.06 bits per heavy atom. The van der Waals surface area contributed by atoms with Gasteiger partial charge in [-0.3, -0.25) is 4.90 Å². The molecule has 0 fully saturated rings. The first-order chi connectivity index (χ1) is 14.8. The van der Waals surface area contributed by atoms with Gasteiger partial charge in [-0.1, -0.05) is 48.0 Å². The minimum atomic E-state index is -3.61. The highest BCUT2D eigenvalue weighted by Crippen LogP contribution is 2.30. The van der Waals surface area contributed by atoms with Gasteiger partial charge in [0.25, 0.3) is 0 Å². The first-order valence-electron chi connectivity index (χ1n) is 10.2. The fourth-order valence-electron chi connectivity index (χ4n) is 3.94. The Hall–Kier alpha value is -1.90. The Morgan fingerprint density at radius 2 is 1.77 bits per heavy atom. The van der Waals surface area contributed by atoms with Crippen LogP contribution in [0.2, 0.25) is 4.34 Å². The summed E-state index contributed by atoms with van der Waals surface area (Å²) in [6.07, 6.45) is 0.954. The molecule has 0 unspecified atom stereocenters. The van der Waals surface area contributed by atoms with E-state index >= 15 is 0 Å². The van der Waals surface area contributed by atoms with Gasteiger partial charge in [-0.15, -0.1) is 11.3 Å². The number of nitrogens with zero attached hydrogens (tertiary/aromatic N) is 2. The second-order valence-electron chi connectivity index (χ2n) is 7.90. The van der Waals surface area contributed by atoms with E-state index in [1.807, 2.05) is 14.1 Å². The molecule has 164 valence electrons. The van der Waals surface area contributed by atoms with Crippen LogP contribution in [0.1, 0.15) is 22.7 Å². The van der Waals surface area contributed by atoms with Gasteiger partial charge in [0, 0.05) is 45.5 Å². The largest absolute Gasteiger partial charge is 0.378 e. The van der Waals surface area contributed by atoms with E-state index in [-0.39, 0.29) is 10.3 Å². The number of sulfonamides is 1. The normalized spacial score (nSPS) is 15.5. The number of hydrogen-bond acceptors (Lipinski definition) is 5. The Balaban J connectivity index is 1.60. The van der Waals surface area contributed by atoms with Crippen molar-refractivity contribution in [2.75, 3.05) is 32.1 Å². The Bertz CT molecular complexity index is 1140. The molecule has 5 nitrogen and oxygen atoms in total. The summed E-state index contributed by atoms with van der Waals surface area (Å²) in [5, 5.41) is 0. The maximum absolute atomic E-state index is 12.8. The standard InChI is InChI=1S/C23H26ClN3O2S2/c1-26(2)20-9-7-18(8-10-20)21(15-25-31(28,29)23-12-11-22(24)30-23)27-14-13-17-5-3-4-6-19(17)16-27/h3-12,21,25H,13-16H2,1-2H3/t21-/m0/s1. The van der Waals surface area contributed by atoms with Crippen LogP contribution in [0.15, 0.2) is 64.9 Å². The van der Waals surface area contributed by atoms with Crippen LogP contribution in [0, 0.1) is 0 Å². The van der Waals surface area contributed by atoms with Crippen molar-refractivity contribution in [3.63, 3.8) is 0 Å². The van der Waals surface area contributed by atoms with Crippen molar-refractivity contribution in [2.45, 2.75) is 23.2 Å². The highest BCUT2D eigenvalue weighted by Gasteiger charge is 2.27. The third kappa shape index (κ3) is 5.13. The molecule has 3 aromatic rings. The maximum atomic E-state index is 12.8. The fourth-order valence-corrected chi connectivity index (χ4v) is 6.50. The van der Waals surface area contributed by atoms with E-state index in [0.29, 0.717) is 10.9 Å². The van der Waals surface area contributed by atoms with Crippen LogP contribution in [0.5, 0.6) is 0 Å². The number of rotatable bonds is 7. The Morgan fingerprint density at radius 3 is 2.42 bits per heavy atom. The van der Waals surface area contributed by atoms with Crippen LogP contribution in [0.4, 0.5) is 5.69 Å². The molecular formula is C23H26ClN3O2S2. The van der Waals surface area contributed by atoms with E-state index in [2.05, 4.69) is 63.1 Å². The molecule has 0 bridgehead atoms. The highest BCUT2D eigenvalue weighted by atomic mass is 35.5. The second-order valence-corrected chi connectivity index (χ2v) is 11.6. The lowest BCUT2D eigenvalue weighted by Gasteiger charge is -2.36. The predicted octanol–water partition coefficient (Wildman–Crippen LogP) is 4.55. The summed E-state index contributed by atoms with van der Waals surface area (Å²) >= 11 is 7.02. The lowest BCUT2D eigenvalue weighted by atomic mass is 9.96. The maximum Gasteiger partial charge on any atom is 0.250 e. The molecule has 1 N–H and O–H groups in total. The molecule has 4 rings (SSSR count). The van der Waals surface area contributed by atoms with E-state index < -0.39 is 10.0 Å². The molecule has 1 aliphatic heterocycles. The molecular weight excluding hydrogens is 450 g/mol. The van der Waals surface area contributed by atoms with Gasteiger partial charge in [-0.05, 0) is 47.4 Å². The first kappa shape index (κ1) is 22.3. The van der Waals surface area contributed by atoms with Crippen molar-refractivity contribution < 1.29 is 8.42 Å². The fraction of sp³-hybridized carbons (Fsp3) is 0.304. The molecule has 2 heterocycles. The smallest absolute Gasteiger partial charge is 0.250 e. The zero-order valence-corrected chi connectivity index (χ0v) is 20.0. The molecule has 2 aromatic carbocycles. The van der Waals surface area contributed by atoms with E-state index in [4.69, 9.17) is 11.6 Å². The Labute approximate surface area is 193 Å². The van der Waals surface area contributed by atoms with E-state index in [1.165, 1.54) is 11.1 Å². The molecule has 1 aliphatic rings. The highest BCUT2D eigenvalue weighted by molar-refractivity contribution is 7.91. The van der Waals surface area contributed by atoms with Crippen LogP contribution >= 0.6 is 22.9 Å². The van der Waals surface area contributed by atoms with Gasteiger partial charge in [-0.25, -0.2) is 13.1 Å². The predicted molar refractivity (Wildman–Crippen MR) is 129 cm³/mol. The lowest BCUT2D eigenvalue weighted by molar-refractivity contribution is 0.180. The topological polar surface area (TPSA) is 52.7 Å². The van der Waals surface area contributed by atoms with Crippen LogP contribution in [0.3, 0.4) is 0 Å². The summed E-state index contributed by atoms with van der Waals surface area (Å²) < 4.78 is 29.2. The van der Waals surface area contributed by atoms with Crippen molar-refractivity contribution in [1.29, 1.82) is 0 Å². The zero-order chi connectivity index (χ0) is 22.0. The van der Waals surface area contributed by atoms with Crippen LogP contribution in [0.25, 0.3) is 0 Å². The molecule has 0 amide bonds. The molecule has 0 saturated heterocycles. The number of nitrogens with one attached hydrogen (secondary N) is 1. The number of benzene rings is 2. The summed E-state index contributed by atoms with van der Waals surface area (Å²) in [5.74, 6) is 0. The van der Waals surface area contributed by atoms with Crippen molar-refractivity contribution in [3.8, 4) is 0 Å². The number of halogens is 1. The summed E-state index contributed by atoms with van der Waals surface area (Å²) in [6.45, 7) is 1.97. The molecule has 8 heteroatoms. The van der Waals surface area contributed by atoms with Gasteiger partial charge >= 0.3 is 0 Å². The van der Waals surface area contributed by atoms with Gasteiger partial charge in [-0.2, -0.15) is 0 Å². The number of fused-ring (bicyclic) bond motifs is 1. The van der Waals surface area contributed by atoms with E-state index in [1.54, 1.807) is 12.1 Å². The van der Waals surface area contributed by atoms with Gasteiger partial charge in [0.1, 0.15) is 4.21 Å². The number of hydrogen-bond donors (Lipinski definition) is 1. The zero-order valence-electron chi connectivity index (χ0n) is 17.6. The summed E-state index contributed by atoms with van der Waals surface area (Å²) in [4.78, 5) is 4.41. The molecule has 31 heavy (non-hydrogen) atoms. The Kier molecular flexibility index (Phi) is 6.69. The van der Waals surface area contributed by atoms with Crippen molar-refractivity contribution in [2.24, 2.45) is 0 Å². The van der Waals surface area contributed by atoms with Crippen molar-refractivity contribution in [3.05, 3.63) is 81.7 Å². The molecule has 0 spiro atoms. The van der Waals surface area contributed by atoms with Crippen molar-refractivity contribution in [1.82, 2.24) is 9.62 Å². The third-order valence-electron chi connectivity index (χ3n) is 5.68. The van der Waals surface area contributed by atoms with Crippen LogP contribution in [-0.4, -0.2) is 40.5 Å². The summed E-state index contributed by atoms with van der Waals surface area (Å²) in [5.41, 5.74) is 4.88. The quantitative estimate of drug-likeness (QED) is 0.544. The summed E-state index contributed by atoms with van der Waals surface area (Å²) in [7, 11) is 0.402. The number of thiophene rings is 1. The molecule has 0 aliphatic carbocycles. The first-order valence-corrected chi connectivity index (χ1v) is 12.8. The molecule has 0 radical (unpaired) electrons. The average Bonchev–Trinajstić information content (AvgIpc) is 3.21. The number of anilines is 1. The van der Waals surface area contributed by atoms with E-state index in [0.717, 1.165) is 42.1 Å². The van der Waals surface area contributed by atoms with Gasteiger partial charge in [0.15, 0.2) is 0 Å². The average molecular weight is 476 g/mol. The van der Waals surface area contributed by atoms with Gasteiger partial charge < -0.3 is 4.90 Å². The van der Waals surface area contributed by atoms with Gasteiger partial charge in [0.05, 0.1) is 4.34 Å². The third-order valence-corrected chi connectivity index (χ3v) is 8.82. The second kappa shape index (κ2) is 9.30. The molecule has 0 saturated carbocycles. The van der Waals surface area contributed by atoms with E-state index in [9.17, 15) is 8.42 Å². The minimum Gasteiger partial charge on any atom is -0.378 e. The minimum absolute atomic E-state index is 0.0743. The van der Waals surface area contributed by atoms with Crippen LogP contribution < -0.4 is 9.62 Å². The lowest BCUT2D eigenvalue weighted by Crippen LogP contribution is -2.40. The molecule has 1 aromatic heterocycles. The summed E-state index contributed by atoms with van der Waals surface area (Å²) in [6, 6.07) is 19.9. The van der Waals surface area contributed by atoms with Crippen LogP contribution in [-0.2, 0) is 23.0 Å². The molecule has 1 atom stereocenters.